The summed E-state index contributed by atoms with van der Waals surface area (Å²) < 4.78 is 21.5. The summed E-state index contributed by atoms with van der Waals surface area (Å²) in [5.74, 6) is 0.694. The van der Waals surface area contributed by atoms with Gasteiger partial charge in [0, 0.05) is 19.6 Å². The van der Waals surface area contributed by atoms with Crippen molar-refractivity contribution >= 4 is 40.0 Å². The van der Waals surface area contributed by atoms with Crippen molar-refractivity contribution in [3.63, 3.8) is 0 Å². The van der Waals surface area contributed by atoms with Crippen LogP contribution in [0.1, 0.15) is 19.8 Å². The van der Waals surface area contributed by atoms with Crippen molar-refractivity contribution in [1.29, 1.82) is 0 Å². The Balaban J connectivity index is 0.00000256. The van der Waals surface area contributed by atoms with E-state index in [0.717, 1.165) is 25.6 Å². The molecular formula is C9H21IN4O2S. The fraction of sp³-hybridized carbons (Fsp3) is 0.889. The summed E-state index contributed by atoms with van der Waals surface area (Å²) in [5, 5.41) is 8.07. The van der Waals surface area contributed by atoms with Gasteiger partial charge in [0.05, 0.1) is 12.3 Å². The fourth-order valence-corrected chi connectivity index (χ4v) is 1.98. The van der Waals surface area contributed by atoms with Crippen molar-refractivity contribution < 1.29 is 8.42 Å². The van der Waals surface area contributed by atoms with E-state index in [-0.39, 0.29) is 36.3 Å². The lowest BCUT2D eigenvalue weighted by Gasteiger charge is -2.20. The van der Waals surface area contributed by atoms with E-state index in [1.165, 1.54) is 12.8 Å². The molecular weight excluding hydrogens is 355 g/mol. The first-order valence-electron chi connectivity index (χ1n) is 5.56. The zero-order chi connectivity index (χ0) is 12.0. The molecule has 1 heterocycles. The monoisotopic (exact) mass is 376 g/mol. The van der Waals surface area contributed by atoms with Crippen LogP contribution in [-0.2, 0) is 10.0 Å². The average Bonchev–Trinajstić information content (AvgIpc) is 2.67. The Bertz CT molecular complexity index is 339. The van der Waals surface area contributed by atoms with E-state index in [9.17, 15) is 8.42 Å². The minimum Gasteiger partial charge on any atom is -0.357 e. The molecule has 17 heavy (non-hydrogen) atoms. The molecule has 0 radical (unpaired) electrons. The Morgan fingerprint density at radius 3 is 2.47 bits per heavy atom. The van der Waals surface area contributed by atoms with E-state index in [0.29, 0.717) is 0 Å². The number of nitrogens with zero attached hydrogens (tertiary/aromatic N) is 2. The van der Waals surface area contributed by atoms with Crippen LogP contribution in [0.2, 0.25) is 0 Å². The molecule has 0 saturated carbocycles. The molecule has 8 heteroatoms. The zero-order valence-corrected chi connectivity index (χ0v) is 13.2. The van der Waals surface area contributed by atoms with Crippen molar-refractivity contribution in [3.8, 4) is 0 Å². The van der Waals surface area contributed by atoms with Crippen LogP contribution < -0.4 is 10.5 Å². The third-order valence-electron chi connectivity index (χ3n) is 2.38. The van der Waals surface area contributed by atoms with Crippen LogP contribution >= 0.6 is 24.0 Å². The Hall–Kier alpha value is -0.0900. The van der Waals surface area contributed by atoms with Gasteiger partial charge >= 0.3 is 0 Å². The molecule has 0 aromatic heterocycles. The minimum atomic E-state index is -3.41. The van der Waals surface area contributed by atoms with Crippen LogP contribution in [0.5, 0.6) is 0 Å². The SMILES string of the molecule is CCNC(=NCCS(N)(=O)=O)N1CCCC1.I. The molecule has 0 spiro atoms. The summed E-state index contributed by atoms with van der Waals surface area (Å²) >= 11 is 0. The summed E-state index contributed by atoms with van der Waals surface area (Å²) in [4.78, 5) is 6.40. The summed E-state index contributed by atoms with van der Waals surface area (Å²) in [6, 6.07) is 0. The third-order valence-corrected chi connectivity index (χ3v) is 3.13. The molecule has 6 nitrogen and oxygen atoms in total. The Morgan fingerprint density at radius 2 is 2.00 bits per heavy atom. The first kappa shape index (κ1) is 16.9. The molecule has 0 amide bonds. The molecule has 0 aromatic rings. The highest BCUT2D eigenvalue weighted by molar-refractivity contribution is 14.0. The van der Waals surface area contributed by atoms with Crippen LogP contribution in [0.3, 0.4) is 0 Å². The standard InChI is InChI=1S/C9H20N4O2S.HI/c1-2-11-9(13-6-3-4-7-13)12-5-8-16(10,14)15;/h2-8H2,1H3,(H,11,12)(H2,10,14,15);1H. The lowest BCUT2D eigenvalue weighted by Crippen LogP contribution is -2.40. The predicted molar refractivity (Wildman–Crippen MR) is 80.2 cm³/mol. The second-order valence-corrected chi connectivity index (χ2v) is 5.53. The number of aliphatic imine (C=N–C) groups is 1. The normalized spacial score (nSPS) is 16.8. The first-order chi connectivity index (χ1) is 7.53. The third kappa shape index (κ3) is 7.04. The van der Waals surface area contributed by atoms with E-state index in [2.05, 4.69) is 15.2 Å². The maximum absolute atomic E-state index is 10.8. The van der Waals surface area contributed by atoms with Gasteiger partial charge < -0.3 is 10.2 Å². The van der Waals surface area contributed by atoms with Crippen molar-refractivity contribution in [2.75, 3.05) is 31.9 Å². The summed E-state index contributed by atoms with van der Waals surface area (Å²) in [6.45, 7) is 4.97. The van der Waals surface area contributed by atoms with Gasteiger partial charge in [-0.1, -0.05) is 0 Å². The lowest BCUT2D eigenvalue weighted by molar-refractivity contribution is 0.494. The molecule has 0 aliphatic carbocycles. The van der Waals surface area contributed by atoms with E-state index in [4.69, 9.17) is 5.14 Å². The zero-order valence-electron chi connectivity index (χ0n) is 10.1. The number of sulfonamides is 1. The highest BCUT2D eigenvalue weighted by Crippen LogP contribution is 2.07. The lowest BCUT2D eigenvalue weighted by atomic mass is 10.4. The second-order valence-electron chi connectivity index (χ2n) is 3.80. The molecule has 0 aromatic carbocycles. The van der Waals surface area contributed by atoms with Crippen molar-refractivity contribution in [2.24, 2.45) is 10.1 Å². The van der Waals surface area contributed by atoms with Gasteiger partial charge in [0.2, 0.25) is 10.0 Å². The number of hydrogen-bond acceptors (Lipinski definition) is 3. The van der Waals surface area contributed by atoms with E-state index in [1.54, 1.807) is 0 Å². The highest BCUT2D eigenvalue weighted by atomic mass is 127. The van der Waals surface area contributed by atoms with E-state index in [1.807, 2.05) is 6.92 Å². The van der Waals surface area contributed by atoms with E-state index < -0.39 is 10.0 Å². The van der Waals surface area contributed by atoms with Crippen molar-refractivity contribution in [1.82, 2.24) is 10.2 Å². The number of hydrogen-bond donors (Lipinski definition) is 2. The van der Waals surface area contributed by atoms with Crippen LogP contribution in [0.4, 0.5) is 0 Å². The maximum atomic E-state index is 10.8. The van der Waals surface area contributed by atoms with Gasteiger partial charge in [-0.05, 0) is 19.8 Å². The van der Waals surface area contributed by atoms with Gasteiger partial charge in [-0.25, -0.2) is 13.6 Å². The quantitative estimate of drug-likeness (QED) is 0.409. The van der Waals surface area contributed by atoms with Gasteiger partial charge in [0.1, 0.15) is 0 Å². The molecule has 1 fully saturated rings. The topological polar surface area (TPSA) is 87.8 Å². The fourth-order valence-electron chi connectivity index (χ4n) is 1.63. The summed E-state index contributed by atoms with van der Waals surface area (Å²) in [6.07, 6.45) is 2.33. The Morgan fingerprint density at radius 1 is 1.41 bits per heavy atom. The van der Waals surface area contributed by atoms with Crippen LogP contribution in [0.15, 0.2) is 4.99 Å². The number of primary sulfonamides is 1. The average molecular weight is 376 g/mol. The van der Waals surface area contributed by atoms with Gasteiger partial charge in [-0.3, -0.25) is 4.99 Å². The molecule has 0 unspecified atom stereocenters. The Kier molecular flexibility index (Phi) is 8.05. The highest BCUT2D eigenvalue weighted by Gasteiger charge is 2.15. The van der Waals surface area contributed by atoms with E-state index >= 15 is 0 Å². The van der Waals surface area contributed by atoms with Crippen molar-refractivity contribution in [2.45, 2.75) is 19.8 Å². The maximum Gasteiger partial charge on any atom is 0.210 e. The van der Waals surface area contributed by atoms with Gasteiger partial charge in [-0.2, -0.15) is 0 Å². The smallest absolute Gasteiger partial charge is 0.210 e. The molecule has 1 saturated heterocycles. The molecule has 0 atom stereocenters. The minimum absolute atomic E-state index is 0. The second kappa shape index (κ2) is 8.09. The van der Waals surface area contributed by atoms with Crippen LogP contribution in [-0.4, -0.2) is 51.2 Å². The van der Waals surface area contributed by atoms with Gasteiger partial charge in [0.25, 0.3) is 0 Å². The van der Waals surface area contributed by atoms with Crippen LogP contribution in [0.25, 0.3) is 0 Å². The molecule has 1 aliphatic heterocycles. The summed E-state index contributed by atoms with van der Waals surface area (Å²) in [5.41, 5.74) is 0. The molecule has 1 rings (SSSR count). The first-order valence-corrected chi connectivity index (χ1v) is 7.28. The van der Waals surface area contributed by atoms with Crippen molar-refractivity contribution in [3.05, 3.63) is 0 Å². The number of guanidine groups is 1. The predicted octanol–water partition coefficient (Wildman–Crippen LogP) is -0.0458. The van der Waals surface area contributed by atoms with Gasteiger partial charge in [0.15, 0.2) is 5.96 Å². The van der Waals surface area contributed by atoms with Crippen LogP contribution in [0, 0.1) is 0 Å². The molecule has 102 valence electrons. The molecule has 0 bridgehead atoms. The number of nitrogens with two attached hydrogens (primary N) is 1. The van der Waals surface area contributed by atoms with Gasteiger partial charge in [-0.15, -0.1) is 24.0 Å². The number of likely N-dealkylation sites (tertiary alicyclic amines) is 1. The number of halogens is 1. The largest absolute Gasteiger partial charge is 0.357 e. The number of rotatable bonds is 4. The molecule has 3 N–H and O–H groups in total. The molecule has 1 aliphatic rings. The summed E-state index contributed by atoms with van der Waals surface area (Å²) in [7, 11) is -3.41. The number of nitrogens with one attached hydrogen (secondary N) is 1. The Labute approximate surface area is 120 Å².